The van der Waals surface area contributed by atoms with Gasteiger partial charge in [0.05, 0.1) is 11.4 Å². The second-order valence-electron chi connectivity index (χ2n) is 4.74. The molecule has 0 radical (unpaired) electrons. The maximum absolute atomic E-state index is 12.1. The van der Waals surface area contributed by atoms with Crippen LogP contribution in [-0.2, 0) is 16.6 Å². The lowest BCUT2D eigenvalue weighted by Gasteiger charge is -2.13. The Bertz CT molecular complexity index is 796. The zero-order chi connectivity index (χ0) is 15.6. The van der Waals surface area contributed by atoms with Crippen LogP contribution < -0.4 is 5.56 Å². The van der Waals surface area contributed by atoms with Crippen molar-refractivity contribution < 1.29 is 8.42 Å². The van der Waals surface area contributed by atoms with Crippen LogP contribution in [0.25, 0.3) is 0 Å². The molecule has 21 heavy (non-hydrogen) atoms. The van der Waals surface area contributed by atoms with Gasteiger partial charge in [-0.2, -0.15) is 0 Å². The fourth-order valence-electron chi connectivity index (χ4n) is 1.78. The van der Waals surface area contributed by atoms with Crippen LogP contribution in [0.2, 0.25) is 5.02 Å². The molecular weight excluding hydrogens is 312 g/mol. The fourth-order valence-corrected chi connectivity index (χ4v) is 2.83. The second kappa shape index (κ2) is 6.01. The summed E-state index contributed by atoms with van der Waals surface area (Å²) in [7, 11) is -0.666. The first-order valence-electron chi connectivity index (χ1n) is 6.18. The summed E-state index contributed by atoms with van der Waals surface area (Å²) in [5.74, 6) is 0. The number of benzene rings is 1. The van der Waals surface area contributed by atoms with Crippen LogP contribution in [0.5, 0.6) is 0 Å². The predicted octanol–water partition coefficient (Wildman–Crippen LogP) is 1.80. The van der Waals surface area contributed by atoms with E-state index in [-0.39, 0.29) is 17.0 Å². The van der Waals surface area contributed by atoms with Crippen molar-refractivity contribution in [1.82, 2.24) is 8.87 Å². The van der Waals surface area contributed by atoms with Gasteiger partial charge in [0.1, 0.15) is 0 Å². The molecule has 0 N–H and O–H groups in total. The fraction of sp³-hybridized carbons (Fsp3) is 0.214. The first kappa shape index (κ1) is 15.8. The molecule has 0 aliphatic rings. The summed E-state index contributed by atoms with van der Waals surface area (Å²) in [6, 6.07) is 9.61. The Morgan fingerprint density at radius 1 is 1.10 bits per heavy atom. The van der Waals surface area contributed by atoms with Gasteiger partial charge in [-0.3, -0.25) is 4.79 Å². The molecule has 1 aromatic carbocycles. The normalized spacial score (nSPS) is 11.8. The largest absolute Gasteiger partial charge is 0.310 e. The molecule has 0 bridgehead atoms. The molecule has 2 rings (SSSR count). The predicted molar refractivity (Wildman–Crippen MR) is 82.1 cm³/mol. The second-order valence-corrected chi connectivity index (χ2v) is 7.33. The van der Waals surface area contributed by atoms with Crippen LogP contribution in [-0.4, -0.2) is 31.4 Å². The molecule has 1 heterocycles. The van der Waals surface area contributed by atoms with E-state index >= 15 is 0 Å². The van der Waals surface area contributed by atoms with Gasteiger partial charge in [0, 0.05) is 31.4 Å². The molecule has 0 saturated carbocycles. The summed E-state index contributed by atoms with van der Waals surface area (Å²) in [6.07, 6.45) is 1.35. The highest BCUT2D eigenvalue weighted by molar-refractivity contribution is 7.89. The highest BCUT2D eigenvalue weighted by atomic mass is 35.5. The molecule has 5 nitrogen and oxygen atoms in total. The van der Waals surface area contributed by atoms with Crippen molar-refractivity contribution in [1.29, 1.82) is 0 Å². The van der Waals surface area contributed by atoms with Crippen LogP contribution in [0.15, 0.2) is 52.3 Å². The van der Waals surface area contributed by atoms with Crippen LogP contribution in [0, 0.1) is 0 Å². The summed E-state index contributed by atoms with van der Waals surface area (Å²) >= 11 is 5.81. The Labute approximate surface area is 128 Å². The van der Waals surface area contributed by atoms with Crippen molar-refractivity contribution in [3.05, 3.63) is 63.5 Å². The number of pyridine rings is 1. The first-order chi connectivity index (χ1) is 9.80. The zero-order valence-corrected chi connectivity index (χ0v) is 13.2. The number of nitrogens with zero attached hydrogens (tertiary/aromatic N) is 2. The Balaban J connectivity index is 2.41. The minimum atomic E-state index is -3.56. The van der Waals surface area contributed by atoms with Gasteiger partial charge in [0.2, 0.25) is 10.0 Å². The summed E-state index contributed by atoms with van der Waals surface area (Å²) in [4.78, 5) is 12.0. The highest BCUT2D eigenvalue weighted by Gasteiger charge is 2.18. The van der Waals surface area contributed by atoms with E-state index in [2.05, 4.69) is 0 Å². The van der Waals surface area contributed by atoms with Crippen molar-refractivity contribution in [2.24, 2.45) is 0 Å². The number of sulfonamides is 1. The molecule has 0 fully saturated rings. The lowest BCUT2D eigenvalue weighted by atomic mass is 10.2. The molecule has 112 valence electrons. The topological polar surface area (TPSA) is 59.4 Å². The van der Waals surface area contributed by atoms with Crippen LogP contribution in [0.1, 0.15) is 5.56 Å². The van der Waals surface area contributed by atoms with Crippen molar-refractivity contribution in [3.8, 4) is 0 Å². The monoisotopic (exact) mass is 326 g/mol. The van der Waals surface area contributed by atoms with E-state index in [0.29, 0.717) is 5.02 Å². The average Bonchev–Trinajstić information content (AvgIpc) is 2.43. The Kier molecular flexibility index (Phi) is 4.51. The lowest BCUT2D eigenvalue weighted by Crippen LogP contribution is -2.26. The molecule has 0 unspecified atom stereocenters. The van der Waals surface area contributed by atoms with E-state index in [9.17, 15) is 13.2 Å². The van der Waals surface area contributed by atoms with E-state index in [1.54, 1.807) is 24.3 Å². The van der Waals surface area contributed by atoms with E-state index in [1.165, 1.54) is 37.0 Å². The zero-order valence-electron chi connectivity index (χ0n) is 11.7. The van der Waals surface area contributed by atoms with E-state index in [4.69, 9.17) is 11.6 Å². The summed E-state index contributed by atoms with van der Waals surface area (Å²) < 4.78 is 26.6. The highest BCUT2D eigenvalue weighted by Crippen LogP contribution is 2.13. The van der Waals surface area contributed by atoms with Gasteiger partial charge in [-0.05, 0) is 23.8 Å². The summed E-state index contributed by atoms with van der Waals surface area (Å²) in [5, 5.41) is 0.607. The Morgan fingerprint density at radius 2 is 1.71 bits per heavy atom. The number of aromatic nitrogens is 1. The van der Waals surface area contributed by atoms with Crippen LogP contribution in [0.4, 0.5) is 0 Å². The number of halogens is 1. The minimum absolute atomic E-state index is 0.0843. The molecule has 0 atom stereocenters. The molecule has 2 aromatic rings. The average molecular weight is 327 g/mol. The summed E-state index contributed by atoms with van der Waals surface area (Å²) in [6.45, 7) is 0.285. The van der Waals surface area contributed by atoms with Gasteiger partial charge in [-0.15, -0.1) is 0 Å². The van der Waals surface area contributed by atoms with E-state index in [0.717, 1.165) is 9.87 Å². The lowest BCUT2D eigenvalue weighted by molar-refractivity contribution is 0.519. The van der Waals surface area contributed by atoms with Gasteiger partial charge in [0.25, 0.3) is 5.56 Å². The van der Waals surface area contributed by atoms with Gasteiger partial charge < -0.3 is 4.57 Å². The number of hydrogen-bond acceptors (Lipinski definition) is 3. The first-order valence-corrected chi connectivity index (χ1v) is 8.00. The van der Waals surface area contributed by atoms with E-state index in [1.807, 2.05) is 0 Å². The number of rotatable bonds is 4. The van der Waals surface area contributed by atoms with E-state index < -0.39 is 10.0 Å². The minimum Gasteiger partial charge on any atom is -0.310 e. The van der Waals surface area contributed by atoms with Crippen LogP contribution >= 0.6 is 11.6 Å². The number of hydrogen-bond donors (Lipinski definition) is 0. The molecule has 0 aliphatic heterocycles. The van der Waals surface area contributed by atoms with Crippen molar-refractivity contribution in [2.75, 3.05) is 14.1 Å². The Hall–Kier alpha value is -1.63. The molecule has 0 amide bonds. The summed E-state index contributed by atoms with van der Waals surface area (Å²) in [5.41, 5.74) is 0.601. The quantitative estimate of drug-likeness (QED) is 0.860. The maximum atomic E-state index is 12.1. The SMILES string of the molecule is CN(C)S(=O)(=O)c1ccc(=O)n(Cc2ccc(Cl)cc2)c1. The van der Waals surface area contributed by atoms with Crippen LogP contribution in [0.3, 0.4) is 0 Å². The third kappa shape index (κ3) is 3.53. The third-order valence-corrected chi connectivity index (χ3v) is 5.05. The van der Waals surface area contributed by atoms with Gasteiger partial charge in [0.15, 0.2) is 0 Å². The molecule has 0 saturated heterocycles. The maximum Gasteiger partial charge on any atom is 0.250 e. The third-order valence-electron chi connectivity index (χ3n) is 3.00. The van der Waals surface area contributed by atoms with Gasteiger partial charge in [-0.1, -0.05) is 23.7 Å². The van der Waals surface area contributed by atoms with Crippen molar-refractivity contribution in [2.45, 2.75) is 11.4 Å². The van der Waals surface area contributed by atoms with Crippen molar-refractivity contribution in [3.63, 3.8) is 0 Å². The van der Waals surface area contributed by atoms with Gasteiger partial charge >= 0.3 is 0 Å². The smallest absolute Gasteiger partial charge is 0.250 e. The molecule has 0 spiro atoms. The molecule has 0 aliphatic carbocycles. The molecule has 1 aromatic heterocycles. The standard InChI is InChI=1S/C14H15ClN2O3S/c1-16(2)21(19,20)13-7-8-14(18)17(10-13)9-11-3-5-12(15)6-4-11/h3-8,10H,9H2,1-2H3. The molecular formula is C14H15ClN2O3S. The Morgan fingerprint density at radius 3 is 2.29 bits per heavy atom. The molecule has 7 heteroatoms. The van der Waals surface area contributed by atoms with Crippen molar-refractivity contribution >= 4 is 21.6 Å². The van der Waals surface area contributed by atoms with Gasteiger partial charge in [-0.25, -0.2) is 12.7 Å².